The SMILES string of the molecule is NC1CCC(Oc2ccccc2Br)CC1. The van der Waals surface area contributed by atoms with Gasteiger partial charge in [-0.1, -0.05) is 12.1 Å². The third-order valence-electron chi connectivity index (χ3n) is 2.85. The first-order valence-corrected chi connectivity index (χ1v) is 6.22. The summed E-state index contributed by atoms with van der Waals surface area (Å²) in [4.78, 5) is 0. The van der Waals surface area contributed by atoms with Gasteiger partial charge in [0, 0.05) is 6.04 Å². The Morgan fingerprint density at radius 2 is 1.80 bits per heavy atom. The average Bonchev–Trinajstić information content (AvgIpc) is 2.25. The molecule has 0 saturated heterocycles. The van der Waals surface area contributed by atoms with Crippen LogP contribution in [0, 0.1) is 0 Å². The van der Waals surface area contributed by atoms with Crippen LogP contribution in [0.2, 0.25) is 0 Å². The van der Waals surface area contributed by atoms with Gasteiger partial charge in [-0.15, -0.1) is 0 Å². The van der Waals surface area contributed by atoms with Gasteiger partial charge < -0.3 is 10.5 Å². The van der Waals surface area contributed by atoms with Crippen LogP contribution in [0.4, 0.5) is 0 Å². The second-order valence-corrected chi connectivity index (χ2v) is 4.94. The molecule has 0 aromatic heterocycles. The average molecular weight is 270 g/mol. The molecular weight excluding hydrogens is 254 g/mol. The van der Waals surface area contributed by atoms with Crippen molar-refractivity contribution in [3.8, 4) is 5.75 Å². The molecule has 0 aliphatic heterocycles. The Bertz CT molecular complexity index is 321. The highest BCUT2D eigenvalue weighted by Crippen LogP contribution is 2.28. The Morgan fingerprint density at radius 1 is 1.13 bits per heavy atom. The summed E-state index contributed by atoms with van der Waals surface area (Å²) in [7, 11) is 0. The number of hydrogen-bond acceptors (Lipinski definition) is 2. The molecule has 0 heterocycles. The van der Waals surface area contributed by atoms with Crippen LogP contribution < -0.4 is 10.5 Å². The Hall–Kier alpha value is -0.540. The van der Waals surface area contributed by atoms with Gasteiger partial charge >= 0.3 is 0 Å². The summed E-state index contributed by atoms with van der Waals surface area (Å²) < 4.78 is 6.96. The van der Waals surface area contributed by atoms with Gasteiger partial charge in [-0.25, -0.2) is 0 Å². The minimum absolute atomic E-state index is 0.337. The van der Waals surface area contributed by atoms with Gasteiger partial charge in [0.25, 0.3) is 0 Å². The van der Waals surface area contributed by atoms with Gasteiger partial charge in [-0.3, -0.25) is 0 Å². The van der Waals surface area contributed by atoms with E-state index in [1.165, 1.54) is 0 Å². The van der Waals surface area contributed by atoms with Crippen LogP contribution in [0.15, 0.2) is 28.7 Å². The molecule has 82 valence electrons. The quantitative estimate of drug-likeness (QED) is 0.896. The normalized spacial score (nSPS) is 26.3. The molecule has 1 saturated carbocycles. The molecule has 0 bridgehead atoms. The van der Waals surface area contributed by atoms with E-state index < -0.39 is 0 Å². The van der Waals surface area contributed by atoms with Crippen molar-refractivity contribution in [2.75, 3.05) is 0 Å². The zero-order valence-electron chi connectivity index (χ0n) is 8.66. The van der Waals surface area contributed by atoms with E-state index in [-0.39, 0.29) is 0 Å². The number of para-hydroxylation sites is 1. The van der Waals surface area contributed by atoms with Gasteiger partial charge in [-0.2, -0.15) is 0 Å². The number of halogens is 1. The first kappa shape index (κ1) is 11.0. The predicted octanol–water partition coefficient (Wildman–Crippen LogP) is 3.10. The van der Waals surface area contributed by atoms with Gasteiger partial charge in [-0.05, 0) is 53.7 Å². The van der Waals surface area contributed by atoms with Gasteiger partial charge in [0.1, 0.15) is 5.75 Å². The number of ether oxygens (including phenoxy) is 1. The molecule has 2 nitrogen and oxygen atoms in total. The maximum atomic E-state index is 5.93. The minimum Gasteiger partial charge on any atom is -0.489 e. The number of hydrogen-bond donors (Lipinski definition) is 1. The van der Waals surface area contributed by atoms with Crippen LogP contribution in [0.5, 0.6) is 5.75 Å². The third-order valence-corrected chi connectivity index (χ3v) is 3.50. The molecule has 1 aromatic rings. The van der Waals surface area contributed by atoms with E-state index in [0.717, 1.165) is 35.9 Å². The molecular formula is C12H16BrNO. The molecule has 0 spiro atoms. The predicted molar refractivity (Wildman–Crippen MR) is 65.0 cm³/mol. The smallest absolute Gasteiger partial charge is 0.133 e. The van der Waals surface area contributed by atoms with Gasteiger partial charge in [0.05, 0.1) is 10.6 Å². The summed E-state index contributed by atoms with van der Waals surface area (Å²) in [5.41, 5.74) is 5.86. The van der Waals surface area contributed by atoms with Crippen LogP contribution in [-0.4, -0.2) is 12.1 Å². The van der Waals surface area contributed by atoms with Crippen LogP contribution in [0.25, 0.3) is 0 Å². The van der Waals surface area contributed by atoms with Crippen molar-refractivity contribution in [2.45, 2.75) is 37.8 Å². The molecule has 0 unspecified atom stereocenters. The molecule has 1 aliphatic rings. The van der Waals surface area contributed by atoms with Gasteiger partial charge in [0.2, 0.25) is 0 Å². The van der Waals surface area contributed by atoms with E-state index in [1.807, 2.05) is 24.3 Å². The van der Waals surface area contributed by atoms with E-state index in [2.05, 4.69) is 15.9 Å². The van der Waals surface area contributed by atoms with E-state index in [4.69, 9.17) is 10.5 Å². The fraction of sp³-hybridized carbons (Fsp3) is 0.500. The summed E-state index contributed by atoms with van der Waals surface area (Å²) in [6, 6.07) is 8.37. The third kappa shape index (κ3) is 2.95. The summed E-state index contributed by atoms with van der Waals surface area (Å²) in [5, 5.41) is 0. The zero-order valence-corrected chi connectivity index (χ0v) is 10.2. The van der Waals surface area contributed by atoms with Crippen molar-refractivity contribution in [1.82, 2.24) is 0 Å². The first-order valence-electron chi connectivity index (χ1n) is 5.42. The number of rotatable bonds is 2. The van der Waals surface area contributed by atoms with E-state index in [9.17, 15) is 0 Å². The Kier molecular flexibility index (Phi) is 3.65. The lowest BCUT2D eigenvalue weighted by molar-refractivity contribution is 0.146. The number of nitrogens with two attached hydrogens (primary N) is 1. The molecule has 0 atom stereocenters. The van der Waals surface area contributed by atoms with Gasteiger partial charge in [0.15, 0.2) is 0 Å². The topological polar surface area (TPSA) is 35.2 Å². The highest BCUT2D eigenvalue weighted by Gasteiger charge is 2.20. The Labute approximate surface area is 98.9 Å². The van der Waals surface area contributed by atoms with Crippen molar-refractivity contribution in [2.24, 2.45) is 5.73 Å². The molecule has 1 fully saturated rings. The minimum atomic E-state index is 0.337. The van der Waals surface area contributed by atoms with E-state index in [0.29, 0.717) is 12.1 Å². The largest absolute Gasteiger partial charge is 0.489 e. The van der Waals surface area contributed by atoms with Crippen LogP contribution in [0.3, 0.4) is 0 Å². The molecule has 0 radical (unpaired) electrons. The fourth-order valence-corrected chi connectivity index (χ4v) is 2.30. The fourth-order valence-electron chi connectivity index (χ4n) is 1.93. The standard InChI is InChI=1S/C12H16BrNO/c13-11-3-1-2-4-12(11)15-10-7-5-9(14)6-8-10/h1-4,9-10H,5-8,14H2. The second-order valence-electron chi connectivity index (χ2n) is 4.09. The summed E-state index contributed by atoms with van der Waals surface area (Å²) in [5.74, 6) is 0.943. The molecule has 3 heteroatoms. The zero-order chi connectivity index (χ0) is 10.7. The van der Waals surface area contributed by atoms with Crippen molar-refractivity contribution in [3.63, 3.8) is 0 Å². The van der Waals surface area contributed by atoms with Crippen LogP contribution >= 0.6 is 15.9 Å². The molecule has 2 N–H and O–H groups in total. The highest BCUT2D eigenvalue weighted by atomic mass is 79.9. The highest BCUT2D eigenvalue weighted by molar-refractivity contribution is 9.10. The maximum absolute atomic E-state index is 5.93. The molecule has 2 rings (SSSR count). The summed E-state index contributed by atoms with van der Waals surface area (Å²) in [6.45, 7) is 0. The molecule has 15 heavy (non-hydrogen) atoms. The van der Waals surface area contributed by atoms with Crippen molar-refractivity contribution in [3.05, 3.63) is 28.7 Å². The molecule has 0 amide bonds. The van der Waals surface area contributed by atoms with E-state index in [1.54, 1.807) is 0 Å². The van der Waals surface area contributed by atoms with Crippen molar-refractivity contribution >= 4 is 15.9 Å². The monoisotopic (exact) mass is 269 g/mol. The van der Waals surface area contributed by atoms with Crippen LogP contribution in [-0.2, 0) is 0 Å². The Morgan fingerprint density at radius 3 is 2.47 bits per heavy atom. The van der Waals surface area contributed by atoms with Crippen molar-refractivity contribution < 1.29 is 4.74 Å². The summed E-state index contributed by atoms with van der Waals surface area (Å²) in [6.07, 6.45) is 4.64. The molecule has 1 aromatic carbocycles. The number of benzene rings is 1. The van der Waals surface area contributed by atoms with Crippen molar-refractivity contribution in [1.29, 1.82) is 0 Å². The second kappa shape index (κ2) is 4.99. The Balaban J connectivity index is 1.95. The first-order chi connectivity index (χ1) is 7.25. The summed E-state index contributed by atoms with van der Waals surface area (Å²) >= 11 is 3.49. The maximum Gasteiger partial charge on any atom is 0.133 e. The van der Waals surface area contributed by atoms with E-state index >= 15 is 0 Å². The lowest BCUT2D eigenvalue weighted by Gasteiger charge is -2.27. The lowest BCUT2D eigenvalue weighted by atomic mass is 9.94. The van der Waals surface area contributed by atoms with Crippen LogP contribution in [0.1, 0.15) is 25.7 Å². The lowest BCUT2D eigenvalue weighted by Crippen LogP contribution is -2.31. The molecule has 1 aliphatic carbocycles.